The average molecular weight is 289 g/mol. The van der Waals surface area contributed by atoms with Gasteiger partial charge in [0.25, 0.3) is 5.24 Å². The van der Waals surface area contributed by atoms with Crippen LogP contribution in [0.15, 0.2) is 0 Å². The number of carbonyl (C=O) groups is 1. The van der Waals surface area contributed by atoms with Crippen molar-refractivity contribution in [2.45, 2.75) is 38.8 Å². The number of piperidine rings is 1. The molecule has 1 rings (SSSR count). The van der Waals surface area contributed by atoms with Gasteiger partial charge in [0.15, 0.2) is 0 Å². The number of amides is 1. The maximum Gasteiger partial charge on any atom is 0.276 e. The van der Waals surface area contributed by atoms with Crippen LogP contribution in [0.3, 0.4) is 0 Å². The van der Waals surface area contributed by atoms with Crippen LogP contribution in [-0.4, -0.2) is 61.6 Å². The average Bonchev–Trinajstić information content (AvgIpc) is 2.34. The number of rotatable bonds is 8. The lowest BCUT2D eigenvalue weighted by molar-refractivity contribution is 0.0935. The van der Waals surface area contributed by atoms with Gasteiger partial charge < -0.3 is 20.3 Å². The minimum Gasteiger partial charge on any atom is -0.378 e. The molecule has 2 N–H and O–H groups in total. The summed E-state index contributed by atoms with van der Waals surface area (Å²) in [5.74, 6) is 0. The standard InChI is InChI=1S/C13H27N3O2S/c1-11(2)15-12-3-6-16(7-4-12)8-10-18-9-5-14-13(17)19/h11-12,15H,3-10H2,1-2H3,(H2,14,17,19). The normalized spacial score (nSPS) is 17.9. The molecular formula is C13H27N3O2S. The number of hydrogen-bond donors (Lipinski definition) is 3. The molecule has 0 saturated carbocycles. The zero-order valence-electron chi connectivity index (χ0n) is 12.0. The van der Waals surface area contributed by atoms with Crippen molar-refractivity contribution in [1.29, 1.82) is 0 Å². The molecule has 0 bridgehead atoms. The molecule has 0 spiro atoms. The molecule has 1 fully saturated rings. The first-order chi connectivity index (χ1) is 9.08. The van der Waals surface area contributed by atoms with Crippen molar-refractivity contribution < 1.29 is 9.53 Å². The van der Waals surface area contributed by atoms with E-state index in [1.165, 1.54) is 12.8 Å². The molecular weight excluding hydrogens is 262 g/mol. The van der Waals surface area contributed by atoms with Gasteiger partial charge in [-0.25, -0.2) is 0 Å². The van der Waals surface area contributed by atoms with Crippen LogP contribution in [0.1, 0.15) is 26.7 Å². The lowest BCUT2D eigenvalue weighted by atomic mass is 10.0. The largest absolute Gasteiger partial charge is 0.378 e. The highest BCUT2D eigenvalue weighted by molar-refractivity contribution is 7.96. The quantitative estimate of drug-likeness (QED) is 0.463. The van der Waals surface area contributed by atoms with Crippen molar-refractivity contribution in [1.82, 2.24) is 15.5 Å². The summed E-state index contributed by atoms with van der Waals surface area (Å²) in [5.41, 5.74) is 0. The summed E-state index contributed by atoms with van der Waals surface area (Å²) in [5, 5.41) is 5.88. The van der Waals surface area contributed by atoms with Crippen molar-refractivity contribution in [2.75, 3.05) is 39.4 Å². The van der Waals surface area contributed by atoms with Gasteiger partial charge in [0.05, 0.1) is 13.2 Å². The van der Waals surface area contributed by atoms with Crippen molar-refractivity contribution in [2.24, 2.45) is 0 Å². The van der Waals surface area contributed by atoms with Crippen LogP contribution in [-0.2, 0) is 4.74 Å². The van der Waals surface area contributed by atoms with Crippen molar-refractivity contribution >= 4 is 17.9 Å². The second kappa shape index (κ2) is 9.58. The van der Waals surface area contributed by atoms with Crippen LogP contribution < -0.4 is 10.6 Å². The maximum atomic E-state index is 10.5. The van der Waals surface area contributed by atoms with E-state index in [0.29, 0.717) is 25.2 Å². The minimum atomic E-state index is -0.302. The van der Waals surface area contributed by atoms with Gasteiger partial charge in [0.1, 0.15) is 0 Å². The van der Waals surface area contributed by atoms with E-state index in [4.69, 9.17) is 4.74 Å². The van der Waals surface area contributed by atoms with Gasteiger partial charge in [-0.15, -0.1) is 0 Å². The molecule has 1 amide bonds. The fraction of sp³-hybridized carbons (Fsp3) is 0.923. The van der Waals surface area contributed by atoms with Gasteiger partial charge >= 0.3 is 0 Å². The van der Waals surface area contributed by atoms with Crippen LogP contribution in [0.4, 0.5) is 4.79 Å². The van der Waals surface area contributed by atoms with Gasteiger partial charge in [-0.2, -0.15) is 0 Å². The van der Waals surface area contributed by atoms with Crippen LogP contribution >= 0.6 is 12.6 Å². The highest BCUT2D eigenvalue weighted by Gasteiger charge is 2.18. The fourth-order valence-corrected chi connectivity index (χ4v) is 2.43. The second-order valence-corrected chi connectivity index (χ2v) is 5.69. The summed E-state index contributed by atoms with van der Waals surface area (Å²) in [6.07, 6.45) is 2.43. The molecule has 1 aliphatic heterocycles. The van der Waals surface area contributed by atoms with E-state index in [1.807, 2.05) is 0 Å². The Kier molecular flexibility index (Phi) is 8.45. The van der Waals surface area contributed by atoms with E-state index in [2.05, 4.69) is 42.0 Å². The van der Waals surface area contributed by atoms with Gasteiger partial charge in [-0.3, -0.25) is 4.79 Å². The van der Waals surface area contributed by atoms with Crippen LogP contribution in [0, 0.1) is 0 Å². The number of likely N-dealkylation sites (tertiary alicyclic amines) is 1. The van der Waals surface area contributed by atoms with E-state index >= 15 is 0 Å². The van der Waals surface area contributed by atoms with E-state index in [1.54, 1.807) is 0 Å². The SMILES string of the molecule is CC(C)NC1CCN(CCOCCNC(=O)S)CC1. The first-order valence-corrected chi connectivity index (χ1v) is 7.55. The number of hydrogen-bond acceptors (Lipinski definition) is 4. The molecule has 0 atom stereocenters. The topological polar surface area (TPSA) is 53.6 Å². The Labute approximate surface area is 121 Å². The van der Waals surface area contributed by atoms with Crippen LogP contribution in [0.5, 0.6) is 0 Å². The van der Waals surface area contributed by atoms with Gasteiger partial charge in [-0.1, -0.05) is 26.5 Å². The number of nitrogens with one attached hydrogen (secondary N) is 2. The Balaban J connectivity index is 1.96. The Morgan fingerprint density at radius 1 is 1.37 bits per heavy atom. The van der Waals surface area contributed by atoms with Gasteiger partial charge in [0, 0.05) is 25.2 Å². The molecule has 0 aromatic heterocycles. The molecule has 1 aliphatic rings. The molecule has 0 aromatic carbocycles. The third-order valence-corrected chi connectivity index (χ3v) is 3.39. The maximum absolute atomic E-state index is 10.5. The molecule has 0 unspecified atom stereocenters. The summed E-state index contributed by atoms with van der Waals surface area (Å²) < 4.78 is 5.47. The van der Waals surface area contributed by atoms with E-state index in [9.17, 15) is 4.79 Å². The summed E-state index contributed by atoms with van der Waals surface area (Å²) in [6.45, 7) is 9.46. The second-order valence-electron chi connectivity index (χ2n) is 5.28. The zero-order valence-corrected chi connectivity index (χ0v) is 12.9. The Morgan fingerprint density at radius 3 is 2.63 bits per heavy atom. The third-order valence-electron chi connectivity index (χ3n) is 3.23. The van der Waals surface area contributed by atoms with E-state index in [0.717, 1.165) is 26.2 Å². The zero-order chi connectivity index (χ0) is 14.1. The van der Waals surface area contributed by atoms with Gasteiger partial charge in [-0.05, 0) is 25.9 Å². The van der Waals surface area contributed by atoms with Crippen LogP contribution in [0.2, 0.25) is 0 Å². The van der Waals surface area contributed by atoms with E-state index in [-0.39, 0.29) is 5.24 Å². The first kappa shape index (κ1) is 16.8. The fourth-order valence-electron chi connectivity index (χ4n) is 2.32. The molecule has 5 nitrogen and oxygen atoms in total. The summed E-state index contributed by atoms with van der Waals surface area (Å²) >= 11 is 3.62. The van der Waals surface area contributed by atoms with Crippen molar-refractivity contribution in [3.05, 3.63) is 0 Å². The number of nitrogens with zero attached hydrogens (tertiary/aromatic N) is 1. The number of thiol groups is 1. The molecule has 0 radical (unpaired) electrons. The summed E-state index contributed by atoms with van der Waals surface area (Å²) in [4.78, 5) is 13.0. The van der Waals surface area contributed by atoms with Crippen molar-refractivity contribution in [3.8, 4) is 0 Å². The van der Waals surface area contributed by atoms with E-state index < -0.39 is 0 Å². The molecule has 6 heteroatoms. The lowest BCUT2D eigenvalue weighted by Crippen LogP contribution is -2.45. The molecule has 1 saturated heterocycles. The van der Waals surface area contributed by atoms with Crippen molar-refractivity contribution in [3.63, 3.8) is 0 Å². The third kappa shape index (κ3) is 8.47. The monoisotopic (exact) mass is 289 g/mol. The predicted molar refractivity (Wildman–Crippen MR) is 80.9 cm³/mol. The smallest absolute Gasteiger partial charge is 0.276 e. The predicted octanol–water partition coefficient (Wildman–Crippen LogP) is 1.10. The number of carbonyl (C=O) groups excluding carboxylic acids is 1. The number of ether oxygens (including phenoxy) is 1. The lowest BCUT2D eigenvalue weighted by Gasteiger charge is -2.33. The molecule has 112 valence electrons. The molecule has 0 aromatic rings. The molecule has 1 heterocycles. The van der Waals surface area contributed by atoms with Gasteiger partial charge in [0.2, 0.25) is 0 Å². The first-order valence-electron chi connectivity index (χ1n) is 7.11. The summed E-state index contributed by atoms with van der Waals surface area (Å²) in [7, 11) is 0. The highest BCUT2D eigenvalue weighted by Crippen LogP contribution is 2.10. The van der Waals surface area contributed by atoms with Crippen LogP contribution in [0.25, 0.3) is 0 Å². The Hall–Kier alpha value is -0.300. The molecule has 19 heavy (non-hydrogen) atoms. The Bertz CT molecular complexity index is 256. The minimum absolute atomic E-state index is 0.302. The summed E-state index contributed by atoms with van der Waals surface area (Å²) in [6, 6.07) is 1.24. The Morgan fingerprint density at radius 2 is 2.05 bits per heavy atom. The molecule has 0 aliphatic carbocycles. The highest BCUT2D eigenvalue weighted by atomic mass is 32.1.